The second kappa shape index (κ2) is 7.73. The van der Waals surface area contributed by atoms with Gasteiger partial charge in [0, 0.05) is 33.9 Å². The Morgan fingerprint density at radius 1 is 1.21 bits per heavy atom. The smallest absolute Gasteiger partial charge is 0.251 e. The SMILES string of the molecule is Cc1cccc(-c2nc(CCNC(=O)c3cccc(Br)c3)cs2)c1. The molecule has 0 unspecified atom stereocenters. The van der Waals surface area contributed by atoms with Crippen LogP contribution in [0.2, 0.25) is 0 Å². The highest BCUT2D eigenvalue weighted by atomic mass is 79.9. The van der Waals surface area contributed by atoms with Gasteiger partial charge in [-0.15, -0.1) is 11.3 Å². The summed E-state index contributed by atoms with van der Waals surface area (Å²) in [4.78, 5) is 16.8. The summed E-state index contributed by atoms with van der Waals surface area (Å²) >= 11 is 5.02. The molecule has 0 saturated carbocycles. The molecule has 0 aliphatic carbocycles. The molecule has 24 heavy (non-hydrogen) atoms. The lowest BCUT2D eigenvalue weighted by Crippen LogP contribution is -2.25. The minimum atomic E-state index is -0.0644. The molecule has 2 aromatic carbocycles. The number of carbonyl (C=O) groups is 1. The predicted molar refractivity (Wildman–Crippen MR) is 102 cm³/mol. The van der Waals surface area contributed by atoms with Gasteiger partial charge in [0.15, 0.2) is 0 Å². The summed E-state index contributed by atoms with van der Waals surface area (Å²) in [5, 5.41) is 6.02. The van der Waals surface area contributed by atoms with Gasteiger partial charge in [0.2, 0.25) is 0 Å². The number of benzene rings is 2. The molecular weight excluding hydrogens is 384 g/mol. The van der Waals surface area contributed by atoms with E-state index in [1.54, 1.807) is 17.4 Å². The van der Waals surface area contributed by atoms with E-state index in [2.05, 4.69) is 56.7 Å². The van der Waals surface area contributed by atoms with Crippen molar-refractivity contribution < 1.29 is 4.79 Å². The quantitative estimate of drug-likeness (QED) is 0.664. The number of amides is 1. The van der Waals surface area contributed by atoms with Crippen LogP contribution in [0.4, 0.5) is 0 Å². The van der Waals surface area contributed by atoms with Crippen molar-refractivity contribution in [3.8, 4) is 10.6 Å². The summed E-state index contributed by atoms with van der Waals surface area (Å²) in [7, 11) is 0. The highest BCUT2D eigenvalue weighted by molar-refractivity contribution is 9.10. The zero-order valence-corrected chi connectivity index (χ0v) is 15.7. The lowest BCUT2D eigenvalue weighted by atomic mass is 10.1. The second-order valence-corrected chi connectivity index (χ2v) is 7.30. The van der Waals surface area contributed by atoms with E-state index in [4.69, 9.17) is 0 Å². The molecule has 5 heteroatoms. The minimum Gasteiger partial charge on any atom is -0.352 e. The zero-order chi connectivity index (χ0) is 16.9. The monoisotopic (exact) mass is 400 g/mol. The number of thiazole rings is 1. The number of nitrogens with zero attached hydrogens (tertiary/aromatic N) is 1. The van der Waals surface area contributed by atoms with Crippen LogP contribution in [0.15, 0.2) is 58.4 Å². The fourth-order valence-corrected chi connectivity index (χ4v) is 3.62. The Labute approximate surface area is 153 Å². The first kappa shape index (κ1) is 16.9. The van der Waals surface area contributed by atoms with Gasteiger partial charge < -0.3 is 5.32 Å². The first-order chi connectivity index (χ1) is 11.6. The fourth-order valence-electron chi connectivity index (χ4n) is 2.37. The third-order valence-electron chi connectivity index (χ3n) is 3.57. The van der Waals surface area contributed by atoms with Gasteiger partial charge in [-0.05, 0) is 31.2 Å². The molecule has 0 aliphatic rings. The highest BCUT2D eigenvalue weighted by Gasteiger charge is 2.07. The molecule has 0 aliphatic heterocycles. The topological polar surface area (TPSA) is 42.0 Å². The van der Waals surface area contributed by atoms with Gasteiger partial charge in [-0.25, -0.2) is 4.98 Å². The Hall–Kier alpha value is -1.98. The lowest BCUT2D eigenvalue weighted by molar-refractivity contribution is 0.0954. The third kappa shape index (κ3) is 4.30. The Morgan fingerprint density at radius 2 is 2.04 bits per heavy atom. The van der Waals surface area contributed by atoms with Gasteiger partial charge in [-0.2, -0.15) is 0 Å². The number of carbonyl (C=O) groups excluding carboxylic acids is 1. The minimum absolute atomic E-state index is 0.0644. The largest absolute Gasteiger partial charge is 0.352 e. The molecular formula is C19H17BrN2OS. The summed E-state index contributed by atoms with van der Waals surface area (Å²) in [5.41, 5.74) is 4.03. The van der Waals surface area contributed by atoms with Crippen molar-refractivity contribution in [1.29, 1.82) is 0 Å². The van der Waals surface area contributed by atoms with Crippen LogP contribution in [0.3, 0.4) is 0 Å². The Bertz CT molecular complexity index is 860. The summed E-state index contributed by atoms with van der Waals surface area (Å²) in [6, 6.07) is 15.7. The van der Waals surface area contributed by atoms with Crippen LogP contribution in [0.5, 0.6) is 0 Å². The molecule has 1 amide bonds. The standard InChI is InChI=1S/C19H17BrN2OS/c1-13-4-2-6-15(10-13)19-22-17(12-24-19)8-9-21-18(23)14-5-3-7-16(20)11-14/h2-7,10-12H,8-9H2,1H3,(H,21,23). The molecule has 3 rings (SSSR count). The third-order valence-corrected chi connectivity index (χ3v) is 5.00. The van der Waals surface area contributed by atoms with Crippen LogP contribution in [0.25, 0.3) is 10.6 Å². The highest BCUT2D eigenvalue weighted by Crippen LogP contribution is 2.24. The molecule has 0 bridgehead atoms. The van der Waals surface area contributed by atoms with E-state index in [1.165, 1.54) is 5.56 Å². The van der Waals surface area contributed by atoms with Gasteiger partial charge in [-0.1, -0.05) is 45.8 Å². The van der Waals surface area contributed by atoms with Gasteiger partial charge in [0.25, 0.3) is 5.91 Å². The molecule has 1 N–H and O–H groups in total. The first-order valence-corrected chi connectivity index (χ1v) is 9.34. The van der Waals surface area contributed by atoms with Crippen LogP contribution in [-0.4, -0.2) is 17.4 Å². The summed E-state index contributed by atoms with van der Waals surface area (Å²) < 4.78 is 0.900. The van der Waals surface area contributed by atoms with E-state index in [9.17, 15) is 4.79 Å². The van der Waals surface area contributed by atoms with Gasteiger partial charge in [0.05, 0.1) is 5.69 Å². The van der Waals surface area contributed by atoms with E-state index in [0.717, 1.165) is 27.2 Å². The average molecular weight is 401 g/mol. The van der Waals surface area contributed by atoms with Crippen molar-refractivity contribution in [2.75, 3.05) is 6.54 Å². The maximum atomic E-state index is 12.1. The van der Waals surface area contributed by atoms with E-state index in [-0.39, 0.29) is 5.91 Å². The summed E-state index contributed by atoms with van der Waals surface area (Å²) in [5.74, 6) is -0.0644. The Kier molecular flexibility index (Phi) is 5.43. The summed E-state index contributed by atoms with van der Waals surface area (Å²) in [6.07, 6.45) is 0.724. The van der Waals surface area contributed by atoms with Crippen molar-refractivity contribution >= 4 is 33.2 Å². The first-order valence-electron chi connectivity index (χ1n) is 7.67. The van der Waals surface area contributed by atoms with Crippen molar-refractivity contribution in [3.63, 3.8) is 0 Å². The predicted octanol–water partition coefficient (Wildman–Crippen LogP) is 4.85. The van der Waals surface area contributed by atoms with Gasteiger partial charge in [0.1, 0.15) is 5.01 Å². The molecule has 0 spiro atoms. The molecule has 0 saturated heterocycles. The van der Waals surface area contributed by atoms with Crippen LogP contribution in [0.1, 0.15) is 21.6 Å². The van der Waals surface area contributed by atoms with E-state index >= 15 is 0 Å². The fraction of sp³-hybridized carbons (Fsp3) is 0.158. The molecule has 0 fully saturated rings. The Morgan fingerprint density at radius 3 is 2.83 bits per heavy atom. The van der Waals surface area contributed by atoms with Gasteiger partial charge in [-0.3, -0.25) is 4.79 Å². The van der Waals surface area contributed by atoms with E-state index in [0.29, 0.717) is 12.1 Å². The maximum Gasteiger partial charge on any atom is 0.251 e. The maximum absolute atomic E-state index is 12.1. The van der Waals surface area contributed by atoms with Crippen molar-refractivity contribution in [2.24, 2.45) is 0 Å². The normalized spacial score (nSPS) is 10.6. The number of hydrogen-bond donors (Lipinski definition) is 1. The molecule has 0 atom stereocenters. The number of rotatable bonds is 5. The van der Waals surface area contributed by atoms with Gasteiger partial charge >= 0.3 is 0 Å². The average Bonchev–Trinajstić information content (AvgIpc) is 3.04. The van der Waals surface area contributed by atoms with Crippen molar-refractivity contribution in [1.82, 2.24) is 10.3 Å². The van der Waals surface area contributed by atoms with E-state index in [1.807, 2.05) is 24.3 Å². The van der Waals surface area contributed by atoms with Crippen molar-refractivity contribution in [3.05, 3.63) is 75.2 Å². The van der Waals surface area contributed by atoms with Crippen LogP contribution in [-0.2, 0) is 6.42 Å². The lowest BCUT2D eigenvalue weighted by Gasteiger charge is -2.04. The van der Waals surface area contributed by atoms with Crippen LogP contribution < -0.4 is 5.32 Å². The molecule has 3 aromatic rings. The van der Waals surface area contributed by atoms with E-state index < -0.39 is 0 Å². The zero-order valence-electron chi connectivity index (χ0n) is 13.3. The molecule has 1 aromatic heterocycles. The number of nitrogens with one attached hydrogen (secondary N) is 1. The molecule has 3 nitrogen and oxygen atoms in total. The van der Waals surface area contributed by atoms with Crippen LogP contribution >= 0.6 is 27.3 Å². The Balaban J connectivity index is 1.57. The van der Waals surface area contributed by atoms with Crippen molar-refractivity contribution in [2.45, 2.75) is 13.3 Å². The van der Waals surface area contributed by atoms with Crippen LogP contribution in [0, 0.1) is 6.92 Å². The molecule has 122 valence electrons. The molecule has 0 radical (unpaired) electrons. The second-order valence-electron chi connectivity index (χ2n) is 5.53. The summed E-state index contributed by atoms with van der Waals surface area (Å²) in [6.45, 7) is 2.65. The molecule has 1 heterocycles. The number of halogens is 1. The number of hydrogen-bond acceptors (Lipinski definition) is 3. The number of aryl methyl sites for hydroxylation is 1. The number of aromatic nitrogens is 1.